The molecule has 0 amide bonds. The third kappa shape index (κ3) is 12.8. The van der Waals surface area contributed by atoms with Gasteiger partial charge in [-0.05, 0) is 82.0 Å². The molecular weight excluding hydrogens is 725 g/mol. The highest BCUT2D eigenvalue weighted by molar-refractivity contribution is 6.74. The van der Waals surface area contributed by atoms with Gasteiger partial charge in [-0.3, -0.25) is 0 Å². The molecule has 2 fully saturated rings. The molecule has 0 bridgehead atoms. The van der Waals surface area contributed by atoms with Gasteiger partial charge in [0, 0.05) is 0 Å². The highest BCUT2D eigenvalue weighted by Crippen LogP contribution is 2.42. The minimum Gasteiger partial charge on any atom is -0.408 e. The average Bonchev–Trinajstić information content (AvgIpc) is 3.61. The van der Waals surface area contributed by atoms with E-state index in [1.165, 1.54) is 0 Å². The van der Waals surface area contributed by atoms with Crippen LogP contribution in [0.15, 0.2) is 85.0 Å². The fourth-order valence-electron chi connectivity index (χ4n) is 6.28. The van der Waals surface area contributed by atoms with Crippen molar-refractivity contribution in [1.29, 1.82) is 0 Å². The molecule has 4 rings (SSSR count). The van der Waals surface area contributed by atoms with Crippen LogP contribution in [0.3, 0.4) is 0 Å². The molecule has 0 aliphatic carbocycles. The first-order valence-electron chi connectivity index (χ1n) is 20.1. The fourth-order valence-corrected chi connectivity index (χ4v) is 8.77. The van der Waals surface area contributed by atoms with E-state index in [1.807, 2.05) is 71.0 Å². The van der Waals surface area contributed by atoms with Gasteiger partial charge in [0.15, 0.2) is 28.2 Å². The van der Waals surface area contributed by atoms with E-state index in [9.17, 15) is 0 Å². The smallest absolute Gasteiger partial charge is 0.193 e. The van der Waals surface area contributed by atoms with E-state index in [0.29, 0.717) is 19.8 Å². The Morgan fingerprint density at radius 1 is 0.655 bits per heavy atom. The molecule has 0 spiro atoms. The topological polar surface area (TPSA) is 73.8 Å². The Bertz CT molecular complexity index is 1530. The van der Waals surface area contributed by atoms with Crippen LogP contribution in [-0.2, 0) is 50.5 Å². The molecule has 2 aromatic rings. The molecule has 7 atom stereocenters. The van der Waals surface area contributed by atoms with Gasteiger partial charge in [0.05, 0.1) is 32.0 Å². The molecule has 55 heavy (non-hydrogen) atoms. The standard InChI is InChI=1S/C45H72O8Si2/c1-16-23-35(52-54(12,13)42(2,3)4)36(53-55(14,15)43(5,6)7)28-29-37(46-30-33-24-19-17-20-25-33)39(47-31-34-26-21-18-22-27-34)41-40(50-45(10,11)51-41)38-32-48-44(8,9)49-38/h16-29,35-41H,30-32H2,1-15H3/b23-16+,29-28+/t35-,36?,37-,38+,39+,40+,41+/m0/s1. The molecule has 1 unspecified atom stereocenters. The molecule has 2 aliphatic rings. The molecule has 0 saturated carbocycles. The maximum absolute atomic E-state index is 7.29. The van der Waals surface area contributed by atoms with Crippen molar-refractivity contribution in [3.8, 4) is 0 Å². The summed E-state index contributed by atoms with van der Waals surface area (Å²) >= 11 is 0. The lowest BCUT2D eigenvalue weighted by Gasteiger charge is -2.44. The Kier molecular flexibility index (Phi) is 15.2. The Morgan fingerprint density at radius 2 is 1.13 bits per heavy atom. The summed E-state index contributed by atoms with van der Waals surface area (Å²) in [4.78, 5) is 0. The average molecular weight is 797 g/mol. The Hall–Kier alpha value is -1.97. The van der Waals surface area contributed by atoms with Crippen LogP contribution in [0.2, 0.25) is 36.3 Å². The summed E-state index contributed by atoms with van der Waals surface area (Å²) in [6, 6.07) is 20.4. The van der Waals surface area contributed by atoms with Gasteiger partial charge in [0.2, 0.25) is 0 Å². The Morgan fingerprint density at radius 3 is 1.58 bits per heavy atom. The summed E-state index contributed by atoms with van der Waals surface area (Å²) in [7, 11) is -4.51. The normalized spacial score (nSPS) is 24.4. The highest BCUT2D eigenvalue weighted by Gasteiger charge is 2.54. The van der Waals surface area contributed by atoms with Gasteiger partial charge in [0.1, 0.15) is 30.5 Å². The van der Waals surface area contributed by atoms with Crippen LogP contribution in [0.25, 0.3) is 0 Å². The maximum atomic E-state index is 7.29. The van der Waals surface area contributed by atoms with Gasteiger partial charge in [0.25, 0.3) is 0 Å². The Balaban J connectivity index is 1.84. The molecule has 8 nitrogen and oxygen atoms in total. The molecule has 308 valence electrons. The van der Waals surface area contributed by atoms with Crippen LogP contribution >= 0.6 is 0 Å². The lowest BCUT2D eigenvalue weighted by molar-refractivity contribution is -0.178. The number of hydrogen-bond donors (Lipinski definition) is 0. The van der Waals surface area contributed by atoms with Crippen molar-refractivity contribution >= 4 is 16.6 Å². The third-order valence-electron chi connectivity index (χ3n) is 11.4. The minimum absolute atomic E-state index is 0.0119. The van der Waals surface area contributed by atoms with Crippen molar-refractivity contribution in [2.75, 3.05) is 6.61 Å². The van der Waals surface area contributed by atoms with Crippen molar-refractivity contribution in [3.05, 3.63) is 96.1 Å². The van der Waals surface area contributed by atoms with E-state index in [-0.39, 0.29) is 28.4 Å². The van der Waals surface area contributed by atoms with E-state index in [4.69, 9.17) is 37.3 Å². The quantitative estimate of drug-likeness (QED) is 0.116. The summed E-state index contributed by atoms with van der Waals surface area (Å²) in [6.45, 7) is 33.7. The zero-order valence-electron chi connectivity index (χ0n) is 36.5. The fraction of sp³-hybridized carbons (Fsp3) is 0.644. The van der Waals surface area contributed by atoms with Gasteiger partial charge in [-0.15, -0.1) is 0 Å². The predicted octanol–water partition coefficient (Wildman–Crippen LogP) is 10.7. The predicted molar refractivity (Wildman–Crippen MR) is 227 cm³/mol. The summed E-state index contributed by atoms with van der Waals surface area (Å²) in [5.41, 5.74) is 2.10. The summed E-state index contributed by atoms with van der Waals surface area (Å²) in [5.74, 6) is -1.63. The van der Waals surface area contributed by atoms with E-state index < -0.39 is 52.6 Å². The molecular formula is C45H72O8Si2. The van der Waals surface area contributed by atoms with Gasteiger partial charge >= 0.3 is 0 Å². The lowest BCUT2D eigenvalue weighted by atomic mass is 9.97. The van der Waals surface area contributed by atoms with E-state index in [1.54, 1.807) is 0 Å². The van der Waals surface area contributed by atoms with Gasteiger partial charge in [-0.2, -0.15) is 0 Å². The van der Waals surface area contributed by atoms with Gasteiger partial charge in [-0.1, -0.05) is 127 Å². The molecule has 2 heterocycles. The number of ether oxygens (including phenoxy) is 6. The maximum Gasteiger partial charge on any atom is 0.193 e. The van der Waals surface area contributed by atoms with Crippen LogP contribution in [-0.4, -0.2) is 77.5 Å². The van der Waals surface area contributed by atoms with Crippen molar-refractivity contribution in [1.82, 2.24) is 0 Å². The number of benzene rings is 2. The molecule has 10 heteroatoms. The van der Waals surface area contributed by atoms with Crippen molar-refractivity contribution < 1.29 is 37.3 Å². The summed E-state index contributed by atoms with van der Waals surface area (Å²) in [6.07, 6.45) is 5.22. The minimum atomic E-state index is -2.29. The van der Waals surface area contributed by atoms with E-state index in [2.05, 4.69) is 116 Å². The SMILES string of the molecule is C/C=C/[C@H](O[Si](C)(C)C(C)(C)C)C(/C=C/[C@H](OCc1ccccc1)[C@@H](OCc1ccccc1)[C@H]1OC(C)(C)O[C@@H]1[C@H]1COC(C)(C)O1)O[Si](C)(C)C(C)(C)C. The van der Waals surface area contributed by atoms with Crippen molar-refractivity contribution in [2.24, 2.45) is 0 Å². The van der Waals surface area contributed by atoms with Crippen LogP contribution in [0, 0.1) is 0 Å². The molecule has 0 aromatic heterocycles. The van der Waals surface area contributed by atoms with Crippen LogP contribution in [0.1, 0.15) is 87.3 Å². The first kappa shape index (κ1) is 45.7. The van der Waals surface area contributed by atoms with Crippen molar-refractivity contribution in [2.45, 2.75) is 180 Å². The lowest BCUT2D eigenvalue weighted by Crippen LogP contribution is -2.51. The van der Waals surface area contributed by atoms with E-state index >= 15 is 0 Å². The molecule has 2 aromatic carbocycles. The second kappa shape index (κ2) is 18.3. The number of hydrogen-bond acceptors (Lipinski definition) is 8. The molecule has 0 radical (unpaired) electrons. The highest BCUT2D eigenvalue weighted by atomic mass is 28.4. The summed E-state index contributed by atoms with van der Waals surface area (Å²) < 4.78 is 54.3. The second-order valence-corrected chi connectivity index (χ2v) is 28.6. The summed E-state index contributed by atoms with van der Waals surface area (Å²) in [5, 5.41) is -0.00989. The zero-order valence-corrected chi connectivity index (χ0v) is 38.5. The van der Waals surface area contributed by atoms with Gasteiger partial charge in [-0.25, -0.2) is 0 Å². The Labute approximate surface area is 335 Å². The first-order chi connectivity index (χ1) is 25.4. The largest absolute Gasteiger partial charge is 0.408 e. The molecule has 2 saturated heterocycles. The third-order valence-corrected chi connectivity index (χ3v) is 20.4. The van der Waals surface area contributed by atoms with Crippen LogP contribution in [0.5, 0.6) is 0 Å². The van der Waals surface area contributed by atoms with Crippen LogP contribution < -0.4 is 0 Å². The van der Waals surface area contributed by atoms with E-state index in [0.717, 1.165) is 11.1 Å². The molecule has 2 aliphatic heterocycles. The van der Waals surface area contributed by atoms with Crippen molar-refractivity contribution in [3.63, 3.8) is 0 Å². The van der Waals surface area contributed by atoms with Gasteiger partial charge < -0.3 is 37.3 Å². The zero-order chi connectivity index (χ0) is 40.9. The monoisotopic (exact) mass is 796 g/mol. The molecule has 0 N–H and O–H groups in total. The second-order valence-electron chi connectivity index (χ2n) is 19.1. The number of rotatable bonds is 17. The first-order valence-corrected chi connectivity index (χ1v) is 25.9. The number of allylic oxidation sites excluding steroid dienone is 1. The van der Waals surface area contributed by atoms with Crippen LogP contribution in [0.4, 0.5) is 0 Å².